The fourth-order valence-corrected chi connectivity index (χ4v) is 4.52. The van der Waals surface area contributed by atoms with Gasteiger partial charge in [0.25, 0.3) is 0 Å². The summed E-state index contributed by atoms with van der Waals surface area (Å²) in [5.41, 5.74) is -0.726. The van der Waals surface area contributed by atoms with Crippen molar-refractivity contribution < 1.29 is 17.7 Å². The molecule has 3 rings (SSSR count). The van der Waals surface area contributed by atoms with Gasteiger partial charge in [-0.25, -0.2) is 8.42 Å². The van der Waals surface area contributed by atoms with E-state index in [0.29, 0.717) is 13.1 Å². The van der Waals surface area contributed by atoms with Gasteiger partial charge in [0, 0.05) is 25.2 Å². The second kappa shape index (κ2) is 5.00. The standard InChI is InChI=1S/C12H14FN3O4S/c13-11-3-10(1-2-12(11)16(17)18)21(19,20)15-6-8-4-14-5-9(8)7-15/h1-3,8-9,14H,4-7H2/t8-,9+. The Morgan fingerprint density at radius 2 is 1.90 bits per heavy atom. The van der Waals surface area contributed by atoms with Crippen molar-refractivity contribution in [3.63, 3.8) is 0 Å². The van der Waals surface area contributed by atoms with E-state index in [9.17, 15) is 22.9 Å². The highest BCUT2D eigenvalue weighted by atomic mass is 32.2. The number of hydrogen-bond donors (Lipinski definition) is 1. The fraction of sp³-hybridized carbons (Fsp3) is 0.500. The van der Waals surface area contributed by atoms with E-state index >= 15 is 0 Å². The van der Waals surface area contributed by atoms with Gasteiger partial charge in [-0.15, -0.1) is 0 Å². The average molecular weight is 315 g/mol. The zero-order valence-electron chi connectivity index (χ0n) is 11.0. The molecule has 9 heteroatoms. The molecule has 2 aliphatic rings. The zero-order chi connectivity index (χ0) is 15.2. The summed E-state index contributed by atoms with van der Waals surface area (Å²) in [5, 5.41) is 13.8. The van der Waals surface area contributed by atoms with Gasteiger partial charge in [0.15, 0.2) is 0 Å². The monoisotopic (exact) mass is 315 g/mol. The maximum absolute atomic E-state index is 13.6. The Labute approximate surface area is 120 Å². The van der Waals surface area contributed by atoms with Gasteiger partial charge < -0.3 is 5.32 Å². The van der Waals surface area contributed by atoms with E-state index in [1.807, 2.05) is 0 Å². The van der Waals surface area contributed by atoms with E-state index in [2.05, 4.69) is 5.32 Å². The van der Waals surface area contributed by atoms with Crippen LogP contribution in [0.3, 0.4) is 0 Å². The molecule has 114 valence electrons. The molecule has 0 unspecified atom stereocenters. The minimum atomic E-state index is -3.80. The molecule has 0 bridgehead atoms. The molecule has 0 amide bonds. The Bertz CT molecular complexity index is 682. The molecule has 2 aliphatic heterocycles. The van der Waals surface area contributed by atoms with Gasteiger partial charge in [-0.1, -0.05) is 0 Å². The lowest BCUT2D eigenvalue weighted by Crippen LogP contribution is -2.32. The third kappa shape index (κ3) is 2.41. The SMILES string of the molecule is O=[N+]([O-])c1ccc(S(=O)(=O)N2C[C@H]3CNC[C@H]3C2)cc1F. The molecule has 0 aromatic heterocycles. The van der Waals surface area contributed by atoms with Crippen molar-refractivity contribution in [2.24, 2.45) is 11.8 Å². The highest BCUT2D eigenvalue weighted by molar-refractivity contribution is 7.89. The largest absolute Gasteiger partial charge is 0.316 e. The lowest BCUT2D eigenvalue weighted by molar-refractivity contribution is -0.387. The Morgan fingerprint density at radius 3 is 2.43 bits per heavy atom. The van der Waals surface area contributed by atoms with Crippen molar-refractivity contribution in [3.8, 4) is 0 Å². The molecular weight excluding hydrogens is 301 g/mol. The van der Waals surface area contributed by atoms with Crippen molar-refractivity contribution >= 4 is 15.7 Å². The van der Waals surface area contributed by atoms with E-state index in [0.717, 1.165) is 31.3 Å². The van der Waals surface area contributed by atoms with Crippen LogP contribution in [0, 0.1) is 27.8 Å². The summed E-state index contributed by atoms with van der Waals surface area (Å²) in [6.45, 7) is 2.37. The lowest BCUT2D eigenvalue weighted by Gasteiger charge is -2.17. The first-order valence-corrected chi connectivity index (χ1v) is 7.98. The summed E-state index contributed by atoms with van der Waals surface area (Å²) in [6.07, 6.45) is 0. The van der Waals surface area contributed by atoms with Crippen LogP contribution in [0.2, 0.25) is 0 Å². The van der Waals surface area contributed by atoms with E-state index in [-0.39, 0.29) is 16.7 Å². The first-order valence-electron chi connectivity index (χ1n) is 6.54. The molecule has 0 spiro atoms. The fourth-order valence-electron chi connectivity index (χ4n) is 2.95. The van der Waals surface area contributed by atoms with Crippen LogP contribution in [0.25, 0.3) is 0 Å². The molecule has 0 aliphatic carbocycles. The van der Waals surface area contributed by atoms with Crippen molar-refractivity contribution in [1.29, 1.82) is 0 Å². The first-order chi connectivity index (χ1) is 9.89. The maximum Gasteiger partial charge on any atom is 0.304 e. The van der Waals surface area contributed by atoms with E-state index < -0.39 is 26.5 Å². The van der Waals surface area contributed by atoms with Crippen LogP contribution < -0.4 is 5.32 Å². The Balaban J connectivity index is 1.89. The molecule has 1 N–H and O–H groups in total. The second-order valence-electron chi connectivity index (χ2n) is 5.37. The van der Waals surface area contributed by atoms with Crippen LogP contribution in [-0.2, 0) is 10.0 Å². The number of nitrogens with zero attached hydrogens (tertiary/aromatic N) is 2. The van der Waals surface area contributed by atoms with E-state index in [1.165, 1.54) is 4.31 Å². The number of hydrogen-bond acceptors (Lipinski definition) is 5. The van der Waals surface area contributed by atoms with Gasteiger partial charge in [-0.3, -0.25) is 10.1 Å². The topological polar surface area (TPSA) is 92.5 Å². The quantitative estimate of drug-likeness (QED) is 0.650. The number of sulfonamides is 1. The van der Waals surface area contributed by atoms with Crippen molar-refractivity contribution in [2.75, 3.05) is 26.2 Å². The smallest absolute Gasteiger partial charge is 0.304 e. The van der Waals surface area contributed by atoms with Crippen LogP contribution in [0.4, 0.5) is 10.1 Å². The number of benzene rings is 1. The highest BCUT2D eigenvalue weighted by Crippen LogP contribution is 2.31. The van der Waals surface area contributed by atoms with Gasteiger partial charge in [0.1, 0.15) is 0 Å². The zero-order valence-corrected chi connectivity index (χ0v) is 11.8. The summed E-state index contributed by atoms with van der Waals surface area (Å²) in [6, 6.07) is 2.70. The molecule has 0 saturated carbocycles. The summed E-state index contributed by atoms with van der Waals surface area (Å²) in [7, 11) is -3.80. The maximum atomic E-state index is 13.6. The third-order valence-electron chi connectivity index (χ3n) is 4.11. The van der Waals surface area contributed by atoms with Crippen LogP contribution in [0.1, 0.15) is 0 Å². The number of nitro groups is 1. The van der Waals surface area contributed by atoms with Crippen LogP contribution in [-0.4, -0.2) is 43.8 Å². The number of rotatable bonds is 3. The van der Waals surface area contributed by atoms with Crippen molar-refractivity contribution in [2.45, 2.75) is 4.90 Å². The highest BCUT2D eigenvalue weighted by Gasteiger charge is 2.41. The minimum Gasteiger partial charge on any atom is -0.316 e. The Hall–Kier alpha value is -1.58. The van der Waals surface area contributed by atoms with Crippen molar-refractivity contribution in [3.05, 3.63) is 34.1 Å². The van der Waals surface area contributed by atoms with Crippen LogP contribution in [0.15, 0.2) is 23.1 Å². The molecule has 2 fully saturated rings. The lowest BCUT2D eigenvalue weighted by atomic mass is 10.0. The van der Waals surface area contributed by atoms with E-state index in [4.69, 9.17) is 0 Å². The van der Waals surface area contributed by atoms with Crippen LogP contribution in [0.5, 0.6) is 0 Å². The number of nitrogens with one attached hydrogen (secondary N) is 1. The van der Waals surface area contributed by atoms with Crippen LogP contribution >= 0.6 is 0 Å². The van der Waals surface area contributed by atoms with Gasteiger partial charge in [0.2, 0.25) is 15.8 Å². The molecular formula is C12H14FN3O4S. The molecule has 1 aromatic carbocycles. The number of fused-ring (bicyclic) bond motifs is 1. The minimum absolute atomic E-state index is 0.237. The normalized spacial score (nSPS) is 26.0. The third-order valence-corrected chi connectivity index (χ3v) is 5.94. The molecule has 2 atom stereocenters. The predicted octanol–water partition coefficient (Wildman–Crippen LogP) is 0.574. The molecule has 2 saturated heterocycles. The van der Waals surface area contributed by atoms with Gasteiger partial charge in [-0.2, -0.15) is 8.70 Å². The molecule has 0 radical (unpaired) electrons. The molecule has 21 heavy (non-hydrogen) atoms. The van der Waals surface area contributed by atoms with Crippen molar-refractivity contribution in [1.82, 2.24) is 9.62 Å². The molecule has 2 heterocycles. The second-order valence-corrected chi connectivity index (χ2v) is 7.31. The summed E-state index contributed by atoms with van der Waals surface area (Å²) >= 11 is 0. The summed E-state index contributed by atoms with van der Waals surface area (Å²) in [4.78, 5) is 9.46. The Kier molecular flexibility index (Phi) is 3.42. The molecule has 1 aromatic rings. The van der Waals surface area contributed by atoms with E-state index in [1.54, 1.807) is 0 Å². The average Bonchev–Trinajstić information content (AvgIpc) is 2.98. The first kappa shape index (κ1) is 14.4. The number of halogens is 1. The number of nitro benzene ring substituents is 1. The summed E-state index contributed by atoms with van der Waals surface area (Å²) in [5.74, 6) is -0.576. The summed E-state index contributed by atoms with van der Waals surface area (Å²) < 4.78 is 39.9. The Morgan fingerprint density at radius 1 is 1.29 bits per heavy atom. The predicted molar refractivity (Wildman–Crippen MR) is 71.7 cm³/mol. The molecule has 7 nitrogen and oxygen atoms in total. The van der Waals surface area contributed by atoms with Gasteiger partial charge >= 0.3 is 5.69 Å². The van der Waals surface area contributed by atoms with Gasteiger partial charge in [-0.05, 0) is 31.0 Å². The van der Waals surface area contributed by atoms with Gasteiger partial charge in [0.05, 0.1) is 9.82 Å².